The summed E-state index contributed by atoms with van der Waals surface area (Å²) in [5.41, 5.74) is 6.43. The minimum absolute atomic E-state index is 1.26. The van der Waals surface area contributed by atoms with Crippen LogP contribution < -0.4 is 0 Å². The van der Waals surface area contributed by atoms with Gasteiger partial charge in [0.15, 0.2) is 0 Å². The van der Waals surface area contributed by atoms with Gasteiger partial charge in [-0.25, -0.2) is 0 Å². The zero-order chi connectivity index (χ0) is 17.5. The van der Waals surface area contributed by atoms with Gasteiger partial charge in [-0.3, -0.25) is 0 Å². The highest BCUT2D eigenvalue weighted by Crippen LogP contribution is 2.40. The summed E-state index contributed by atoms with van der Waals surface area (Å²) >= 11 is 1.89. The van der Waals surface area contributed by atoms with Gasteiger partial charge in [0.2, 0.25) is 0 Å². The van der Waals surface area contributed by atoms with E-state index < -0.39 is 0 Å². The van der Waals surface area contributed by atoms with Gasteiger partial charge in [0.25, 0.3) is 0 Å². The lowest BCUT2D eigenvalue weighted by molar-refractivity contribution is 1.47. The van der Waals surface area contributed by atoms with Crippen molar-refractivity contribution < 1.29 is 0 Å². The van der Waals surface area contributed by atoms with Crippen LogP contribution in [0.1, 0.15) is 5.56 Å². The normalized spacial score (nSPS) is 11.3. The van der Waals surface area contributed by atoms with Crippen LogP contribution in [0.15, 0.2) is 91.0 Å². The number of fused-ring (bicyclic) bond motifs is 3. The van der Waals surface area contributed by atoms with Crippen molar-refractivity contribution in [2.45, 2.75) is 6.92 Å². The Kier molecular flexibility index (Phi) is 3.62. The number of hydrogen-bond acceptors (Lipinski definition) is 1. The second kappa shape index (κ2) is 6.12. The third kappa shape index (κ3) is 2.53. The molecule has 0 N–H and O–H groups in total. The van der Waals surface area contributed by atoms with Crippen LogP contribution in [0.2, 0.25) is 0 Å². The molecule has 0 atom stereocenters. The summed E-state index contributed by atoms with van der Waals surface area (Å²) in [5.74, 6) is 0. The van der Waals surface area contributed by atoms with E-state index in [4.69, 9.17) is 0 Å². The molecule has 0 saturated heterocycles. The van der Waals surface area contributed by atoms with Gasteiger partial charge in [0, 0.05) is 20.2 Å². The fraction of sp³-hybridized carbons (Fsp3) is 0.0400. The summed E-state index contributed by atoms with van der Waals surface area (Å²) in [7, 11) is 0. The number of thiophene rings is 1. The lowest BCUT2D eigenvalue weighted by atomic mass is 9.98. The van der Waals surface area contributed by atoms with E-state index in [1.807, 2.05) is 11.3 Å². The lowest BCUT2D eigenvalue weighted by Crippen LogP contribution is -1.82. The van der Waals surface area contributed by atoms with Crippen molar-refractivity contribution in [2.24, 2.45) is 0 Å². The van der Waals surface area contributed by atoms with Gasteiger partial charge >= 0.3 is 0 Å². The third-order valence-electron chi connectivity index (χ3n) is 4.95. The van der Waals surface area contributed by atoms with E-state index >= 15 is 0 Å². The summed E-state index contributed by atoms with van der Waals surface area (Å²) in [6.07, 6.45) is 0. The van der Waals surface area contributed by atoms with E-state index in [0.717, 1.165) is 0 Å². The molecule has 0 unspecified atom stereocenters. The molecule has 1 heteroatoms. The molecule has 1 heterocycles. The van der Waals surface area contributed by atoms with E-state index in [0.29, 0.717) is 0 Å². The molecule has 0 radical (unpaired) electrons. The minimum Gasteiger partial charge on any atom is -0.135 e. The first kappa shape index (κ1) is 15.4. The number of hydrogen-bond donors (Lipinski definition) is 0. The Morgan fingerprint density at radius 2 is 1.31 bits per heavy atom. The highest BCUT2D eigenvalue weighted by molar-refractivity contribution is 7.26. The summed E-state index contributed by atoms with van der Waals surface area (Å²) in [6, 6.07) is 33.0. The van der Waals surface area contributed by atoms with Crippen LogP contribution in [0.4, 0.5) is 0 Å². The molecule has 0 aliphatic rings. The molecule has 5 rings (SSSR count). The fourth-order valence-electron chi connectivity index (χ4n) is 3.64. The topological polar surface area (TPSA) is 0 Å². The van der Waals surface area contributed by atoms with Crippen LogP contribution in [-0.2, 0) is 0 Å². The lowest BCUT2D eigenvalue weighted by Gasteiger charge is -2.07. The smallest absolute Gasteiger partial charge is 0.0433 e. The molecule has 0 spiro atoms. The van der Waals surface area contributed by atoms with Crippen molar-refractivity contribution in [2.75, 3.05) is 0 Å². The van der Waals surface area contributed by atoms with Crippen molar-refractivity contribution in [3.05, 3.63) is 96.6 Å². The van der Waals surface area contributed by atoms with E-state index in [-0.39, 0.29) is 0 Å². The second-order valence-corrected chi connectivity index (χ2v) is 7.78. The molecule has 0 fully saturated rings. The SMILES string of the molecule is Cc1cccc(-c2ccc(-c3cccc4c3sc3ccccc34)cc2)c1. The molecule has 0 aliphatic carbocycles. The first-order valence-corrected chi connectivity index (χ1v) is 9.69. The Morgan fingerprint density at radius 1 is 0.577 bits per heavy atom. The Balaban J connectivity index is 1.64. The average molecular weight is 350 g/mol. The fourth-order valence-corrected chi connectivity index (χ4v) is 4.88. The maximum Gasteiger partial charge on any atom is 0.0433 e. The largest absolute Gasteiger partial charge is 0.135 e. The molecular formula is C25H18S. The molecule has 124 valence electrons. The van der Waals surface area contributed by atoms with Gasteiger partial charge < -0.3 is 0 Å². The van der Waals surface area contributed by atoms with Gasteiger partial charge in [-0.05, 0) is 35.2 Å². The molecule has 4 aromatic carbocycles. The highest BCUT2D eigenvalue weighted by atomic mass is 32.1. The van der Waals surface area contributed by atoms with Crippen LogP contribution in [0.25, 0.3) is 42.4 Å². The molecule has 1 aromatic heterocycles. The molecule has 0 saturated carbocycles. The number of rotatable bonds is 2. The molecule has 0 amide bonds. The Labute approximate surface area is 157 Å². The van der Waals surface area contributed by atoms with Gasteiger partial charge in [0.05, 0.1) is 0 Å². The van der Waals surface area contributed by atoms with Crippen molar-refractivity contribution in [1.29, 1.82) is 0 Å². The summed E-state index contributed by atoms with van der Waals surface area (Å²) in [6.45, 7) is 2.14. The monoisotopic (exact) mass is 350 g/mol. The molecule has 0 nitrogen and oxygen atoms in total. The van der Waals surface area contributed by atoms with E-state index in [2.05, 4.69) is 97.9 Å². The van der Waals surface area contributed by atoms with Crippen LogP contribution in [0, 0.1) is 6.92 Å². The molecule has 0 aliphatic heterocycles. The van der Waals surface area contributed by atoms with Crippen molar-refractivity contribution in [1.82, 2.24) is 0 Å². The molecule has 26 heavy (non-hydrogen) atoms. The van der Waals surface area contributed by atoms with Crippen molar-refractivity contribution >= 4 is 31.5 Å². The van der Waals surface area contributed by atoms with E-state index in [9.17, 15) is 0 Å². The third-order valence-corrected chi connectivity index (χ3v) is 6.17. The van der Waals surface area contributed by atoms with Gasteiger partial charge in [-0.1, -0.05) is 90.5 Å². The van der Waals surface area contributed by atoms with Crippen LogP contribution in [-0.4, -0.2) is 0 Å². The van der Waals surface area contributed by atoms with Crippen molar-refractivity contribution in [3.63, 3.8) is 0 Å². The zero-order valence-corrected chi connectivity index (χ0v) is 15.4. The quantitative estimate of drug-likeness (QED) is 0.306. The predicted octanol–water partition coefficient (Wildman–Crippen LogP) is 7.70. The summed E-state index contributed by atoms with van der Waals surface area (Å²) in [4.78, 5) is 0. The maximum absolute atomic E-state index is 2.25. The summed E-state index contributed by atoms with van der Waals surface area (Å²) < 4.78 is 2.73. The standard InChI is InChI=1S/C25H18S/c1-17-6-4-7-20(16-17)18-12-14-19(15-13-18)21-9-5-10-23-22-8-2-3-11-24(22)26-25(21)23/h2-16H,1H3. The van der Waals surface area contributed by atoms with Crippen LogP contribution in [0.5, 0.6) is 0 Å². The Hall–Kier alpha value is -2.90. The molecular weight excluding hydrogens is 332 g/mol. The molecule has 0 bridgehead atoms. The van der Waals surface area contributed by atoms with E-state index in [1.54, 1.807) is 0 Å². The summed E-state index contributed by atoms with van der Waals surface area (Å²) in [5, 5.41) is 2.71. The first-order chi connectivity index (χ1) is 12.8. The van der Waals surface area contributed by atoms with Gasteiger partial charge in [-0.2, -0.15) is 0 Å². The zero-order valence-electron chi connectivity index (χ0n) is 14.6. The Morgan fingerprint density at radius 3 is 2.15 bits per heavy atom. The highest BCUT2D eigenvalue weighted by Gasteiger charge is 2.10. The van der Waals surface area contributed by atoms with Crippen LogP contribution >= 0.6 is 11.3 Å². The number of aryl methyl sites for hydroxylation is 1. The van der Waals surface area contributed by atoms with Crippen molar-refractivity contribution in [3.8, 4) is 22.3 Å². The van der Waals surface area contributed by atoms with E-state index in [1.165, 1.54) is 48.0 Å². The van der Waals surface area contributed by atoms with Gasteiger partial charge in [-0.15, -0.1) is 11.3 Å². The maximum atomic E-state index is 2.25. The Bertz CT molecular complexity index is 1230. The second-order valence-electron chi connectivity index (χ2n) is 6.73. The van der Waals surface area contributed by atoms with Gasteiger partial charge in [0.1, 0.15) is 0 Å². The minimum atomic E-state index is 1.26. The van der Waals surface area contributed by atoms with Crippen LogP contribution in [0.3, 0.4) is 0 Å². The number of benzene rings is 4. The average Bonchev–Trinajstić information content (AvgIpc) is 3.07. The molecule has 5 aromatic rings. The first-order valence-electron chi connectivity index (χ1n) is 8.87. The predicted molar refractivity (Wildman–Crippen MR) is 115 cm³/mol.